The van der Waals surface area contributed by atoms with Gasteiger partial charge in [0.1, 0.15) is 10.7 Å². The van der Waals surface area contributed by atoms with E-state index in [0.717, 1.165) is 16.4 Å². The summed E-state index contributed by atoms with van der Waals surface area (Å²) in [4.78, 5) is 11.3. The maximum Gasteiger partial charge on any atom is 0.309 e. The van der Waals surface area contributed by atoms with Gasteiger partial charge in [-0.2, -0.15) is 4.31 Å². The number of sulfonamides is 1. The Hall–Kier alpha value is -1.18. The Morgan fingerprint density at radius 2 is 2.19 bits per heavy atom. The molecule has 0 aromatic heterocycles. The molecule has 8 heteroatoms. The minimum absolute atomic E-state index is 0.0157. The van der Waals surface area contributed by atoms with Crippen molar-refractivity contribution in [3.8, 4) is 0 Å². The molecule has 0 amide bonds. The molecule has 21 heavy (non-hydrogen) atoms. The van der Waals surface area contributed by atoms with E-state index in [1.165, 1.54) is 13.2 Å². The average Bonchev–Trinajstić information content (AvgIpc) is 2.49. The van der Waals surface area contributed by atoms with Crippen LogP contribution in [0.2, 0.25) is 5.02 Å². The Kier molecular flexibility index (Phi) is 4.85. The summed E-state index contributed by atoms with van der Waals surface area (Å²) < 4.78 is 44.2. The molecule has 2 rings (SSSR count). The van der Waals surface area contributed by atoms with E-state index < -0.39 is 27.7 Å². The van der Waals surface area contributed by atoms with Gasteiger partial charge in [0, 0.05) is 13.1 Å². The van der Waals surface area contributed by atoms with E-state index in [4.69, 9.17) is 11.6 Å². The van der Waals surface area contributed by atoms with E-state index in [1.54, 1.807) is 0 Å². The van der Waals surface area contributed by atoms with Gasteiger partial charge in [0.15, 0.2) is 0 Å². The molecule has 1 aromatic rings. The maximum atomic E-state index is 13.3. The van der Waals surface area contributed by atoms with Crippen LogP contribution >= 0.6 is 11.6 Å². The molecule has 0 unspecified atom stereocenters. The second-order valence-corrected chi connectivity index (χ2v) is 7.11. The number of carbonyl (C=O) groups excluding carboxylic acids is 1. The van der Waals surface area contributed by atoms with Gasteiger partial charge in [0.2, 0.25) is 10.0 Å². The van der Waals surface area contributed by atoms with E-state index in [0.29, 0.717) is 12.8 Å². The van der Waals surface area contributed by atoms with Crippen LogP contribution in [0, 0.1) is 11.7 Å². The molecule has 0 radical (unpaired) electrons. The summed E-state index contributed by atoms with van der Waals surface area (Å²) in [6.45, 7) is 0.282. The van der Waals surface area contributed by atoms with E-state index in [2.05, 4.69) is 4.74 Å². The van der Waals surface area contributed by atoms with Gasteiger partial charge >= 0.3 is 5.97 Å². The van der Waals surface area contributed by atoms with Crippen molar-refractivity contribution in [1.29, 1.82) is 0 Å². The Morgan fingerprint density at radius 3 is 2.86 bits per heavy atom. The number of halogens is 2. The lowest BCUT2D eigenvalue weighted by molar-refractivity contribution is -0.146. The fourth-order valence-electron chi connectivity index (χ4n) is 2.33. The molecule has 0 aliphatic carbocycles. The second kappa shape index (κ2) is 6.29. The molecule has 1 atom stereocenters. The number of ether oxygens (including phenoxy) is 1. The fourth-order valence-corrected chi connectivity index (χ4v) is 4.34. The Balaban J connectivity index is 2.31. The smallest absolute Gasteiger partial charge is 0.309 e. The summed E-state index contributed by atoms with van der Waals surface area (Å²) in [7, 11) is -2.67. The molecule has 1 fully saturated rings. The van der Waals surface area contributed by atoms with Crippen molar-refractivity contribution in [2.75, 3.05) is 20.2 Å². The molecule has 1 aliphatic heterocycles. The number of benzene rings is 1. The SMILES string of the molecule is COC(=O)[C@H]1CCCN(S(=O)(=O)c2cc(F)ccc2Cl)C1. The first kappa shape index (κ1) is 16.2. The lowest BCUT2D eigenvalue weighted by atomic mass is 10.0. The topological polar surface area (TPSA) is 63.7 Å². The number of esters is 1. The van der Waals surface area contributed by atoms with Crippen LogP contribution in [0.25, 0.3) is 0 Å². The zero-order valence-corrected chi connectivity index (χ0v) is 13.0. The monoisotopic (exact) mass is 335 g/mol. The second-order valence-electron chi connectivity index (χ2n) is 4.80. The van der Waals surface area contributed by atoms with E-state index in [9.17, 15) is 17.6 Å². The summed E-state index contributed by atoms with van der Waals surface area (Å²) in [5.74, 6) is -1.63. The lowest BCUT2D eigenvalue weighted by Crippen LogP contribution is -2.42. The van der Waals surface area contributed by atoms with Gasteiger partial charge in [0.25, 0.3) is 0 Å². The Bertz CT molecular complexity index is 650. The van der Waals surface area contributed by atoms with Crippen LogP contribution in [0.1, 0.15) is 12.8 Å². The normalized spacial score (nSPS) is 20.2. The van der Waals surface area contributed by atoms with Crippen LogP contribution in [0.4, 0.5) is 4.39 Å². The quantitative estimate of drug-likeness (QED) is 0.793. The standard InChI is InChI=1S/C13H15ClFNO4S/c1-20-13(17)9-3-2-6-16(8-9)21(18,19)12-7-10(15)4-5-11(12)14/h4-5,7,9H,2-3,6,8H2,1H3/t9-/m0/s1. The molecule has 1 aromatic carbocycles. The largest absolute Gasteiger partial charge is 0.469 e. The van der Waals surface area contributed by atoms with Crippen molar-refractivity contribution >= 4 is 27.6 Å². The van der Waals surface area contributed by atoms with Crippen molar-refractivity contribution in [3.05, 3.63) is 29.0 Å². The van der Waals surface area contributed by atoms with Gasteiger partial charge in [-0.3, -0.25) is 4.79 Å². The van der Waals surface area contributed by atoms with E-state index in [1.807, 2.05) is 0 Å². The highest BCUT2D eigenvalue weighted by atomic mass is 35.5. The minimum atomic E-state index is -3.94. The van der Waals surface area contributed by atoms with Crippen molar-refractivity contribution < 1.29 is 22.3 Å². The maximum absolute atomic E-state index is 13.3. The number of rotatable bonds is 3. The molecule has 0 bridgehead atoms. The number of piperidine rings is 1. The molecule has 0 spiro atoms. The third-order valence-corrected chi connectivity index (χ3v) is 5.78. The van der Waals surface area contributed by atoms with Crippen molar-refractivity contribution in [2.24, 2.45) is 5.92 Å². The molecular weight excluding hydrogens is 321 g/mol. The molecule has 1 aliphatic rings. The Labute approximate surface area is 127 Å². The predicted molar refractivity (Wildman–Crippen MR) is 74.9 cm³/mol. The minimum Gasteiger partial charge on any atom is -0.469 e. The van der Waals surface area contributed by atoms with Crippen LogP contribution in [0.5, 0.6) is 0 Å². The highest BCUT2D eigenvalue weighted by Gasteiger charge is 2.34. The van der Waals surface area contributed by atoms with Crippen LogP contribution in [0.3, 0.4) is 0 Å². The zero-order valence-electron chi connectivity index (χ0n) is 11.4. The van der Waals surface area contributed by atoms with Gasteiger partial charge in [0.05, 0.1) is 18.1 Å². The summed E-state index contributed by atoms with van der Waals surface area (Å²) in [5.41, 5.74) is 0. The number of hydrogen-bond acceptors (Lipinski definition) is 4. The number of carbonyl (C=O) groups is 1. The summed E-state index contributed by atoms with van der Waals surface area (Å²) in [6.07, 6.45) is 1.10. The van der Waals surface area contributed by atoms with Gasteiger partial charge in [-0.25, -0.2) is 12.8 Å². The van der Waals surface area contributed by atoms with Crippen LogP contribution < -0.4 is 0 Å². The summed E-state index contributed by atoms with van der Waals surface area (Å²) >= 11 is 5.86. The lowest BCUT2D eigenvalue weighted by Gasteiger charge is -2.30. The van der Waals surface area contributed by atoms with Crippen LogP contribution in [-0.2, 0) is 19.6 Å². The first-order chi connectivity index (χ1) is 9.86. The average molecular weight is 336 g/mol. The zero-order chi connectivity index (χ0) is 15.6. The van der Waals surface area contributed by atoms with Crippen molar-refractivity contribution in [2.45, 2.75) is 17.7 Å². The molecule has 1 saturated heterocycles. The van der Waals surface area contributed by atoms with E-state index >= 15 is 0 Å². The molecule has 116 valence electrons. The third-order valence-electron chi connectivity index (χ3n) is 3.43. The number of methoxy groups -OCH3 is 1. The molecular formula is C13H15ClFNO4S. The highest BCUT2D eigenvalue weighted by Crippen LogP contribution is 2.29. The van der Waals surface area contributed by atoms with Gasteiger partial charge in [-0.1, -0.05) is 11.6 Å². The number of hydrogen-bond donors (Lipinski definition) is 0. The van der Waals surface area contributed by atoms with Crippen molar-refractivity contribution in [3.63, 3.8) is 0 Å². The van der Waals surface area contributed by atoms with Gasteiger partial charge in [-0.15, -0.1) is 0 Å². The van der Waals surface area contributed by atoms with Gasteiger partial charge < -0.3 is 4.74 Å². The van der Waals surface area contributed by atoms with Crippen molar-refractivity contribution in [1.82, 2.24) is 4.31 Å². The van der Waals surface area contributed by atoms with Crippen LogP contribution in [0.15, 0.2) is 23.1 Å². The number of nitrogens with zero attached hydrogens (tertiary/aromatic N) is 1. The molecule has 5 nitrogen and oxygen atoms in total. The predicted octanol–water partition coefficient (Wildman–Crippen LogP) is 2.05. The fraction of sp³-hybridized carbons (Fsp3) is 0.462. The van der Waals surface area contributed by atoms with Gasteiger partial charge in [-0.05, 0) is 31.0 Å². The first-order valence-corrected chi connectivity index (χ1v) is 8.21. The summed E-state index contributed by atoms with van der Waals surface area (Å²) in [5, 5.41) is -0.0448. The first-order valence-electron chi connectivity index (χ1n) is 6.39. The summed E-state index contributed by atoms with van der Waals surface area (Å²) in [6, 6.07) is 3.18. The highest BCUT2D eigenvalue weighted by molar-refractivity contribution is 7.89. The molecule has 1 heterocycles. The Morgan fingerprint density at radius 1 is 1.48 bits per heavy atom. The molecule has 0 saturated carbocycles. The van der Waals surface area contributed by atoms with Crippen LogP contribution in [-0.4, -0.2) is 38.9 Å². The molecule has 0 N–H and O–H groups in total. The third kappa shape index (κ3) is 3.36. The van der Waals surface area contributed by atoms with E-state index in [-0.39, 0.29) is 23.0 Å².